The summed E-state index contributed by atoms with van der Waals surface area (Å²) in [5.41, 5.74) is 27.9. The standard InChI is InChI=1S/C59H101N19O21S2/c1-28(2)44(62)54(94)73-35(23-41(61)82)57(97)78-21-10-14-40(78)53(93)76-45(30(4)81)55(95)66-24-42(83)68-38(27-100)51(91)67-29(3)46(86)69-32(12-8-19-65-59(63)64)48(88)74-36(25-79)50(90)72-34(15-16-43(84)85)56(96)77-20-9-13-39(77)52(92)71-31(11-6-7-18-60)47(87)70-33(17-22-101-5)49(89)75-37(26-80)58(98)99/h28-40,44-45,79-81,100H,6-27,60,62H2,1-5H3,(H2,61,82)(H,66,95)(H,67,91)(H,68,83)(H,69,86)(H,70,87)(H,71,92)(H,72,90)(H,73,94)(H,74,88)(H,75,89)(H,76,93)(H,84,85)(H,98,99)(H4,63,64,65)/t29-,30+,31-,32-,33-,34-,35-,36-,37-,38-,39-,40-,44-,45-/m0/s1. The predicted octanol–water partition coefficient (Wildman–Crippen LogP) is -10.0. The van der Waals surface area contributed by atoms with Gasteiger partial charge in [-0.25, -0.2) is 4.79 Å². The number of rotatable bonds is 46. The Hall–Kier alpha value is -8.71. The molecular weight excluding hydrogens is 1370 g/mol. The summed E-state index contributed by atoms with van der Waals surface area (Å²) < 4.78 is 0. The molecule has 2 aliphatic rings. The molecule has 14 amide bonds. The van der Waals surface area contributed by atoms with Crippen LogP contribution in [0.25, 0.3) is 0 Å². The third kappa shape index (κ3) is 30.2. The number of nitrogens with zero attached hydrogens (tertiary/aromatic N) is 3. The van der Waals surface area contributed by atoms with Crippen molar-refractivity contribution in [3.8, 4) is 0 Å². The van der Waals surface area contributed by atoms with Gasteiger partial charge in [-0.15, -0.1) is 0 Å². The highest BCUT2D eigenvalue weighted by Gasteiger charge is 2.43. The van der Waals surface area contributed by atoms with Crippen LogP contribution in [0.1, 0.15) is 111 Å². The van der Waals surface area contributed by atoms with Crippen molar-refractivity contribution in [3.63, 3.8) is 0 Å². The van der Waals surface area contributed by atoms with E-state index >= 15 is 0 Å². The fraction of sp³-hybridized carbons (Fsp3) is 0.712. The molecule has 0 saturated carbocycles. The number of aliphatic imine (C=N–C) groups is 1. The molecule has 0 unspecified atom stereocenters. The summed E-state index contributed by atoms with van der Waals surface area (Å²) in [6.45, 7) is 2.71. The lowest BCUT2D eigenvalue weighted by Gasteiger charge is -2.31. The number of likely N-dealkylation sites (tertiary alicyclic amines) is 2. The highest BCUT2D eigenvalue weighted by molar-refractivity contribution is 7.98. The molecular formula is C59H101N19O21S2. The Morgan fingerprint density at radius 1 is 0.564 bits per heavy atom. The van der Waals surface area contributed by atoms with Gasteiger partial charge in [0.2, 0.25) is 82.7 Å². The number of amides is 14. The molecule has 0 aromatic heterocycles. The number of carbonyl (C=O) groups excluding carboxylic acids is 14. The van der Waals surface area contributed by atoms with Crippen LogP contribution in [0.15, 0.2) is 4.99 Å². The summed E-state index contributed by atoms with van der Waals surface area (Å²) in [5, 5.41) is 75.6. The number of thioether (sulfide) groups is 1. The second-order valence-electron chi connectivity index (χ2n) is 24.4. The monoisotopic (exact) mass is 1480 g/mol. The zero-order chi connectivity index (χ0) is 76.4. The number of hydrogen-bond acceptors (Lipinski definition) is 24. The van der Waals surface area contributed by atoms with E-state index < -0.39 is 224 Å². The number of carboxylic acid groups (broad SMARTS) is 2. The first-order chi connectivity index (χ1) is 47.6. The maximum absolute atomic E-state index is 14.4. The number of carboxylic acids is 2. The molecule has 0 aromatic rings. The molecule has 2 rings (SSSR count). The van der Waals surface area contributed by atoms with Crippen LogP contribution in [-0.2, 0) is 76.7 Å². The minimum Gasteiger partial charge on any atom is -0.481 e. The molecule has 101 heavy (non-hydrogen) atoms. The second kappa shape index (κ2) is 45.2. The largest absolute Gasteiger partial charge is 0.481 e. The molecule has 42 heteroatoms. The number of guanidine groups is 1. The first-order valence-electron chi connectivity index (χ1n) is 32.7. The molecule has 570 valence electrons. The number of aliphatic carboxylic acids is 2. The molecule has 0 aliphatic carbocycles. The van der Waals surface area contributed by atoms with Crippen LogP contribution < -0.4 is 87.2 Å². The number of unbranched alkanes of at least 4 members (excludes halogenated alkanes) is 1. The molecule has 0 radical (unpaired) electrons. The maximum Gasteiger partial charge on any atom is 0.328 e. The first kappa shape index (κ1) is 88.4. The van der Waals surface area contributed by atoms with Crippen molar-refractivity contribution in [2.24, 2.45) is 39.6 Å². The van der Waals surface area contributed by atoms with E-state index in [9.17, 15) is 102 Å². The van der Waals surface area contributed by atoms with Crippen molar-refractivity contribution in [1.82, 2.24) is 68.3 Å². The fourth-order valence-electron chi connectivity index (χ4n) is 10.3. The second-order valence-corrected chi connectivity index (χ2v) is 25.7. The van der Waals surface area contributed by atoms with Crippen molar-refractivity contribution < 1.29 is 102 Å². The highest BCUT2D eigenvalue weighted by atomic mass is 32.2. The number of aliphatic hydroxyl groups is 3. The molecule has 2 fully saturated rings. The lowest BCUT2D eigenvalue weighted by Crippen LogP contribution is -2.61. The molecule has 26 N–H and O–H groups in total. The van der Waals surface area contributed by atoms with Crippen molar-refractivity contribution in [3.05, 3.63) is 0 Å². The first-order valence-corrected chi connectivity index (χ1v) is 34.7. The molecule has 14 atom stereocenters. The maximum atomic E-state index is 14.4. The fourth-order valence-corrected chi connectivity index (χ4v) is 11.1. The summed E-state index contributed by atoms with van der Waals surface area (Å²) >= 11 is 5.44. The van der Waals surface area contributed by atoms with Crippen molar-refractivity contribution in [2.75, 3.05) is 63.7 Å². The van der Waals surface area contributed by atoms with Crippen molar-refractivity contribution >= 4 is 125 Å². The summed E-state index contributed by atoms with van der Waals surface area (Å²) in [6, 6.07) is -19.4. The van der Waals surface area contributed by atoms with Gasteiger partial charge < -0.3 is 122 Å². The zero-order valence-corrected chi connectivity index (χ0v) is 58.8. The minimum atomic E-state index is -1.91. The Morgan fingerprint density at radius 2 is 1.05 bits per heavy atom. The molecule has 2 heterocycles. The van der Waals surface area contributed by atoms with E-state index in [0.29, 0.717) is 18.6 Å². The summed E-state index contributed by atoms with van der Waals surface area (Å²) in [5.74, 6) is -17.2. The Bertz CT molecular complexity index is 2930. The van der Waals surface area contributed by atoms with Gasteiger partial charge in [0.15, 0.2) is 5.96 Å². The lowest BCUT2D eigenvalue weighted by molar-refractivity contribution is -0.144. The van der Waals surface area contributed by atoms with Crippen LogP contribution >= 0.6 is 24.4 Å². The Labute approximate surface area is 592 Å². The SMILES string of the molecule is CSCC[C@H](NC(=O)[C@H](CCCCN)NC(=O)[C@@H]1CCCN1C(=O)[C@H](CCC(=O)O)NC(=O)[C@H](CO)NC(=O)[C@H](CCCN=C(N)N)NC(=O)[C@H](C)NC(=O)[C@H](CS)NC(=O)CNC(=O)[C@@H](NC(=O)[C@@H]1CCCN1C(=O)[C@H](CC(N)=O)NC(=O)[C@@H](N)C(C)C)[C@@H](C)O)C(=O)N[C@@H](CO)C(=O)O. The number of nitrogens with one attached hydrogen (secondary N) is 11. The van der Waals surface area contributed by atoms with Crippen LogP contribution in [0.4, 0.5) is 0 Å². The van der Waals surface area contributed by atoms with E-state index in [2.05, 4.69) is 76.1 Å². The van der Waals surface area contributed by atoms with E-state index in [-0.39, 0.29) is 89.4 Å². The van der Waals surface area contributed by atoms with E-state index in [4.69, 9.17) is 28.7 Å². The number of hydrogen-bond donors (Lipinski definition) is 22. The number of nitrogens with two attached hydrogens (primary N) is 5. The van der Waals surface area contributed by atoms with Gasteiger partial charge in [0, 0.05) is 31.8 Å². The van der Waals surface area contributed by atoms with Gasteiger partial charge >= 0.3 is 11.9 Å². The molecule has 0 aromatic carbocycles. The average Bonchev–Trinajstić information content (AvgIpc) is 1.75. The zero-order valence-electron chi connectivity index (χ0n) is 57.1. The molecule has 0 bridgehead atoms. The molecule has 40 nitrogen and oxygen atoms in total. The Balaban J connectivity index is 2.25. The van der Waals surface area contributed by atoms with Crippen LogP contribution in [-0.4, -0.2) is 284 Å². The Morgan fingerprint density at radius 3 is 1.55 bits per heavy atom. The third-order valence-corrected chi connectivity index (χ3v) is 17.1. The van der Waals surface area contributed by atoms with Gasteiger partial charge in [-0.05, 0) is 109 Å². The quantitative estimate of drug-likeness (QED) is 0.0116. The van der Waals surface area contributed by atoms with Gasteiger partial charge in [0.25, 0.3) is 0 Å². The summed E-state index contributed by atoms with van der Waals surface area (Å²) in [4.78, 5) is 219. The van der Waals surface area contributed by atoms with Gasteiger partial charge in [0.1, 0.15) is 72.5 Å². The van der Waals surface area contributed by atoms with E-state index in [1.807, 2.05) is 0 Å². The summed E-state index contributed by atoms with van der Waals surface area (Å²) in [6.07, 6.45) is -0.785. The van der Waals surface area contributed by atoms with Gasteiger partial charge in [-0.1, -0.05) is 13.8 Å². The van der Waals surface area contributed by atoms with Crippen LogP contribution in [0.5, 0.6) is 0 Å². The van der Waals surface area contributed by atoms with Gasteiger partial charge in [-0.3, -0.25) is 76.9 Å². The van der Waals surface area contributed by atoms with Gasteiger partial charge in [0.05, 0.1) is 38.3 Å². The highest BCUT2D eigenvalue weighted by Crippen LogP contribution is 2.22. The van der Waals surface area contributed by atoms with E-state index in [0.717, 1.165) is 16.7 Å². The molecule has 0 spiro atoms. The number of aliphatic hydroxyl groups excluding tert-OH is 3. The molecule has 2 aliphatic heterocycles. The van der Waals surface area contributed by atoms with E-state index in [1.54, 1.807) is 20.1 Å². The lowest BCUT2D eigenvalue weighted by atomic mass is 10.0. The topological polar surface area (TPSA) is 656 Å². The normalized spacial score (nSPS) is 17.7. The van der Waals surface area contributed by atoms with Crippen molar-refractivity contribution in [1.29, 1.82) is 0 Å². The van der Waals surface area contributed by atoms with E-state index in [1.165, 1.54) is 18.7 Å². The number of thiol groups is 1. The summed E-state index contributed by atoms with van der Waals surface area (Å²) in [7, 11) is 0. The number of carbonyl (C=O) groups is 16. The third-order valence-electron chi connectivity index (χ3n) is 16.1. The Kier molecular flexibility index (Phi) is 39.6. The van der Waals surface area contributed by atoms with Gasteiger partial charge in [-0.2, -0.15) is 24.4 Å². The molecule has 2 saturated heterocycles. The van der Waals surface area contributed by atoms with Crippen LogP contribution in [0.2, 0.25) is 0 Å². The minimum absolute atomic E-state index is 0.00157. The number of primary amides is 1. The van der Waals surface area contributed by atoms with Crippen LogP contribution in [0.3, 0.4) is 0 Å². The predicted molar refractivity (Wildman–Crippen MR) is 364 cm³/mol. The average molecular weight is 1480 g/mol. The van der Waals surface area contributed by atoms with Crippen LogP contribution in [0, 0.1) is 5.92 Å². The smallest absolute Gasteiger partial charge is 0.328 e. The van der Waals surface area contributed by atoms with Crippen molar-refractivity contribution in [2.45, 2.75) is 196 Å².